The molecule has 140 valence electrons. The Balaban J connectivity index is 3.08. The minimum absolute atomic E-state index is 0.221. The number of ether oxygens (including phenoxy) is 5. The molecule has 0 aliphatic heterocycles. The average Bonchev–Trinajstić information content (AvgIpc) is 2.40. The predicted molar refractivity (Wildman–Crippen MR) is 89.6 cm³/mol. The van der Waals surface area contributed by atoms with Crippen molar-refractivity contribution in [1.29, 1.82) is 0 Å². The zero-order valence-corrected chi connectivity index (χ0v) is 15.3. The van der Waals surface area contributed by atoms with Crippen LogP contribution in [-0.2, 0) is 23.7 Å². The van der Waals surface area contributed by atoms with Gasteiger partial charge in [-0.05, 0) is 53.4 Å². The third-order valence-corrected chi connectivity index (χ3v) is 2.67. The second kappa shape index (κ2) is 13.1. The van der Waals surface area contributed by atoms with Gasteiger partial charge in [-0.2, -0.15) is 0 Å². The van der Waals surface area contributed by atoms with Gasteiger partial charge in [0.25, 0.3) is 0 Å². The smallest absolute Gasteiger partial charge is 0.149 e. The normalized spacial score (nSPS) is 12.8. The zero-order chi connectivity index (χ0) is 17.6. The van der Waals surface area contributed by atoms with Gasteiger partial charge in [-0.25, -0.2) is 0 Å². The molecule has 0 radical (unpaired) electrons. The van der Waals surface area contributed by atoms with Crippen LogP contribution in [0.25, 0.3) is 0 Å². The molecule has 0 rings (SSSR count). The minimum Gasteiger partial charge on any atom is -0.361 e. The Morgan fingerprint density at radius 2 is 0.957 bits per heavy atom. The Morgan fingerprint density at radius 1 is 0.565 bits per heavy atom. The standard InChI is InChI=1S/C16H36N2O5/c1-15(2,17)22-12-8-7-10-20-13-19-9-5-6-11-21-14-23-16(3,4)18/h5-14,17-18H2,1-4H3. The average molecular weight is 336 g/mol. The highest BCUT2D eigenvalue weighted by Gasteiger charge is 2.09. The zero-order valence-electron chi connectivity index (χ0n) is 15.3. The summed E-state index contributed by atoms with van der Waals surface area (Å²) < 4.78 is 26.7. The number of unbranched alkanes of at least 4 members (excludes halogenated alkanes) is 2. The summed E-state index contributed by atoms with van der Waals surface area (Å²) >= 11 is 0. The SMILES string of the molecule is CC(C)(N)OCCCCOCOCCCCOCOC(C)(C)N. The van der Waals surface area contributed by atoms with Crippen molar-refractivity contribution in [2.24, 2.45) is 11.5 Å². The fourth-order valence-corrected chi connectivity index (χ4v) is 1.48. The summed E-state index contributed by atoms with van der Waals surface area (Å²) in [7, 11) is 0. The van der Waals surface area contributed by atoms with E-state index in [0.717, 1.165) is 25.7 Å². The molecule has 0 aromatic heterocycles. The molecule has 0 bridgehead atoms. The van der Waals surface area contributed by atoms with Crippen LogP contribution < -0.4 is 11.5 Å². The van der Waals surface area contributed by atoms with Gasteiger partial charge in [-0.15, -0.1) is 0 Å². The van der Waals surface area contributed by atoms with Crippen molar-refractivity contribution in [3.05, 3.63) is 0 Å². The maximum absolute atomic E-state index is 5.71. The molecule has 23 heavy (non-hydrogen) atoms. The molecule has 0 aromatic carbocycles. The van der Waals surface area contributed by atoms with Crippen molar-refractivity contribution in [3.63, 3.8) is 0 Å². The van der Waals surface area contributed by atoms with Crippen LogP contribution in [-0.4, -0.2) is 51.5 Å². The van der Waals surface area contributed by atoms with Gasteiger partial charge >= 0.3 is 0 Å². The van der Waals surface area contributed by atoms with Gasteiger partial charge in [0.1, 0.15) is 25.0 Å². The number of hydrogen-bond donors (Lipinski definition) is 2. The molecule has 0 spiro atoms. The molecule has 7 nitrogen and oxygen atoms in total. The minimum atomic E-state index is -0.646. The van der Waals surface area contributed by atoms with Crippen LogP contribution in [0.2, 0.25) is 0 Å². The summed E-state index contributed by atoms with van der Waals surface area (Å²) in [5.41, 5.74) is 10.2. The topological polar surface area (TPSA) is 98.2 Å². The van der Waals surface area contributed by atoms with E-state index in [1.165, 1.54) is 0 Å². The van der Waals surface area contributed by atoms with E-state index in [1.54, 1.807) is 13.8 Å². The number of nitrogens with two attached hydrogens (primary N) is 2. The molecule has 0 aliphatic carbocycles. The van der Waals surface area contributed by atoms with Crippen molar-refractivity contribution < 1.29 is 23.7 Å². The van der Waals surface area contributed by atoms with Crippen LogP contribution >= 0.6 is 0 Å². The lowest BCUT2D eigenvalue weighted by Gasteiger charge is -2.19. The van der Waals surface area contributed by atoms with Gasteiger partial charge in [-0.3, -0.25) is 0 Å². The Hall–Kier alpha value is -0.280. The van der Waals surface area contributed by atoms with E-state index in [-0.39, 0.29) is 6.79 Å². The van der Waals surface area contributed by atoms with Crippen molar-refractivity contribution in [1.82, 2.24) is 0 Å². The summed E-state index contributed by atoms with van der Waals surface area (Å²) in [5.74, 6) is 0. The monoisotopic (exact) mass is 336 g/mol. The quantitative estimate of drug-likeness (QED) is 0.328. The van der Waals surface area contributed by atoms with Crippen LogP contribution in [0.5, 0.6) is 0 Å². The van der Waals surface area contributed by atoms with Crippen LogP contribution in [0.3, 0.4) is 0 Å². The van der Waals surface area contributed by atoms with Crippen molar-refractivity contribution in [3.8, 4) is 0 Å². The van der Waals surface area contributed by atoms with Crippen molar-refractivity contribution in [2.75, 3.05) is 40.0 Å². The van der Waals surface area contributed by atoms with Crippen molar-refractivity contribution >= 4 is 0 Å². The van der Waals surface area contributed by atoms with E-state index in [1.807, 2.05) is 13.8 Å². The van der Waals surface area contributed by atoms with Crippen LogP contribution in [0.4, 0.5) is 0 Å². The molecular formula is C16H36N2O5. The number of hydrogen-bond acceptors (Lipinski definition) is 7. The van der Waals surface area contributed by atoms with E-state index < -0.39 is 11.4 Å². The largest absolute Gasteiger partial charge is 0.361 e. The lowest BCUT2D eigenvalue weighted by atomic mass is 10.3. The van der Waals surface area contributed by atoms with Gasteiger partial charge in [0.15, 0.2) is 0 Å². The molecule has 0 saturated heterocycles. The molecule has 0 atom stereocenters. The van der Waals surface area contributed by atoms with Gasteiger partial charge in [0.2, 0.25) is 0 Å². The summed E-state index contributed by atoms with van der Waals surface area (Å²) in [4.78, 5) is 0. The fraction of sp³-hybridized carbons (Fsp3) is 1.00. The first-order valence-electron chi connectivity index (χ1n) is 8.29. The Labute approximate surface area is 140 Å². The first-order valence-corrected chi connectivity index (χ1v) is 8.29. The lowest BCUT2D eigenvalue weighted by Crippen LogP contribution is -2.36. The molecule has 0 fully saturated rings. The Kier molecular flexibility index (Phi) is 12.9. The molecule has 0 saturated carbocycles. The molecule has 0 aliphatic rings. The maximum Gasteiger partial charge on any atom is 0.149 e. The summed E-state index contributed by atoms with van der Waals surface area (Å²) in [6.07, 6.45) is 3.71. The lowest BCUT2D eigenvalue weighted by molar-refractivity contribution is -0.126. The van der Waals surface area contributed by atoms with Crippen LogP contribution in [0.15, 0.2) is 0 Å². The van der Waals surface area contributed by atoms with E-state index in [2.05, 4.69) is 0 Å². The van der Waals surface area contributed by atoms with Gasteiger partial charge in [-0.1, -0.05) is 0 Å². The first kappa shape index (κ1) is 22.7. The summed E-state index contributed by atoms with van der Waals surface area (Å²) in [6, 6.07) is 0. The summed E-state index contributed by atoms with van der Waals surface area (Å²) in [5, 5.41) is 0. The maximum atomic E-state index is 5.71. The molecular weight excluding hydrogens is 300 g/mol. The van der Waals surface area contributed by atoms with Gasteiger partial charge in [0.05, 0.1) is 0 Å². The first-order chi connectivity index (χ1) is 10.7. The molecule has 0 amide bonds. The van der Waals surface area contributed by atoms with E-state index in [9.17, 15) is 0 Å². The second-order valence-corrected chi connectivity index (χ2v) is 6.57. The molecule has 0 heterocycles. The van der Waals surface area contributed by atoms with Crippen LogP contribution in [0.1, 0.15) is 53.4 Å². The second-order valence-electron chi connectivity index (χ2n) is 6.57. The van der Waals surface area contributed by atoms with Gasteiger partial charge < -0.3 is 35.2 Å². The Morgan fingerprint density at radius 3 is 1.39 bits per heavy atom. The van der Waals surface area contributed by atoms with Crippen molar-refractivity contribution in [2.45, 2.75) is 64.8 Å². The van der Waals surface area contributed by atoms with E-state index in [4.69, 9.17) is 35.2 Å². The van der Waals surface area contributed by atoms with Crippen LogP contribution in [0, 0.1) is 0 Å². The van der Waals surface area contributed by atoms with E-state index in [0.29, 0.717) is 33.2 Å². The highest BCUT2D eigenvalue weighted by Crippen LogP contribution is 2.02. The molecule has 7 heteroatoms. The predicted octanol–water partition coefficient (Wildman–Crippen LogP) is 1.93. The third-order valence-electron chi connectivity index (χ3n) is 2.67. The number of rotatable bonds is 16. The van der Waals surface area contributed by atoms with E-state index >= 15 is 0 Å². The molecule has 0 aromatic rings. The molecule has 4 N–H and O–H groups in total. The fourth-order valence-electron chi connectivity index (χ4n) is 1.48. The molecule has 0 unspecified atom stereocenters. The third kappa shape index (κ3) is 21.7. The highest BCUT2D eigenvalue weighted by atomic mass is 16.7. The Bertz CT molecular complexity index is 238. The van der Waals surface area contributed by atoms with Gasteiger partial charge in [0, 0.05) is 26.4 Å². The highest BCUT2D eigenvalue weighted by molar-refractivity contribution is 4.56. The summed E-state index contributed by atoms with van der Waals surface area (Å²) in [6.45, 7) is 10.4.